The SMILES string of the molecule is O=[N+]([O-])c1cccc2c1N=NC2=C[O-]. The predicted molar refractivity (Wildman–Crippen MR) is 45.6 cm³/mol. The van der Waals surface area contributed by atoms with Crippen LogP contribution in [0.5, 0.6) is 0 Å². The van der Waals surface area contributed by atoms with E-state index in [0.717, 1.165) is 0 Å². The van der Waals surface area contributed by atoms with Gasteiger partial charge in [0.25, 0.3) is 5.69 Å². The van der Waals surface area contributed by atoms with E-state index in [1.54, 1.807) is 6.07 Å². The fourth-order valence-electron chi connectivity index (χ4n) is 1.24. The van der Waals surface area contributed by atoms with Gasteiger partial charge >= 0.3 is 0 Å². The quantitative estimate of drug-likeness (QED) is 0.380. The Morgan fingerprint density at radius 2 is 2.14 bits per heavy atom. The molecule has 70 valence electrons. The first kappa shape index (κ1) is 8.36. The van der Waals surface area contributed by atoms with E-state index in [2.05, 4.69) is 10.2 Å². The molecule has 0 saturated heterocycles. The molecule has 0 amide bonds. The molecule has 6 nitrogen and oxygen atoms in total. The van der Waals surface area contributed by atoms with E-state index in [0.29, 0.717) is 11.8 Å². The van der Waals surface area contributed by atoms with Crippen LogP contribution in [0.4, 0.5) is 11.4 Å². The van der Waals surface area contributed by atoms with Crippen molar-refractivity contribution in [3.8, 4) is 0 Å². The Morgan fingerprint density at radius 1 is 1.36 bits per heavy atom. The molecule has 1 aliphatic rings. The Kier molecular flexibility index (Phi) is 1.74. The number of hydrogen-bond acceptors (Lipinski definition) is 5. The van der Waals surface area contributed by atoms with Crippen LogP contribution >= 0.6 is 0 Å². The van der Waals surface area contributed by atoms with E-state index in [1.807, 2.05) is 0 Å². The summed E-state index contributed by atoms with van der Waals surface area (Å²) in [5, 5.41) is 28.2. The van der Waals surface area contributed by atoms with Gasteiger partial charge in [-0.15, -0.1) is 11.4 Å². The highest BCUT2D eigenvalue weighted by atomic mass is 16.6. The molecule has 14 heavy (non-hydrogen) atoms. The van der Waals surface area contributed by atoms with Crippen molar-refractivity contribution >= 4 is 17.1 Å². The summed E-state index contributed by atoms with van der Waals surface area (Å²) in [6.45, 7) is 0. The third kappa shape index (κ3) is 1.05. The summed E-state index contributed by atoms with van der Waals surface area (Å²) in [5.41, 5.74) is 0.556. The van der Waals surface area contributed by atoms with Gasteiger partial charge in [-0.1, -0.05) is 12.1 Å². The molecule has 0 atom stereocenters. The zero-order chi connectivity index (χ0) is 10.1. The van der Waals surface area contributed by atoms with Gasteiger partial charge in [-0.2, -0.15) is 5.11 Å². The minimum atomic E-state index is -0.550. The van der Waals surface area contributed by atoms with E-state index in [9.17, 15) is 15.2 Å². The summed E-state index contributed by atoms with van der Waals surface area (Å²) in [6.07, 6.45) is 0.527. The number of hydrogen-bond donors (Lipinski definition) is 0. The van der Waals surface area contributed by atoms with Gasteiger partial charge in [0, 0.05) is 11.6 Å². The number of fused-ring (bicyclic) bond motifs is 1. The van der Waals surface area contributed by atoms with E-state index in [1.165, 1.54) is 12.1 Å². The molecular weight excluding hydrogens is 186 g/mol. The molecule has 6 heteroatoms. The van der Waals surface area contributed by atoms with Crippen LogP contribution in [0.1, 0.15) is 5.56 Å². The molecule has 0 aromatic heterocycles. The third-order valence-electron chi connectivity index (χ3n) is 1.86. The first-order valence-electron chi connectivity index (χ1n) is 3.75. The third-order valence-corrected chi connectivity index (χ3v) is 1.86. The Labute approximate surface area is 78.4 Å². The number of benzene rings is 1. The van der Waals surface area contributed by atoms with Crippen LogP contribution in [0.15, 0.2) is 34.7 Å². The Morgan fingerprint density at radius 3 is 2.79 bits per heavy atom. The molecule has 1 aliphatic heterocycles. The Hall–Kier alpha value is -2.24. The van der Waals surface area contributed by atoms with Crippen LogP contribution in [-0.2, 0) is 0 Å². The summed E-state index contributed by atoms with van der Waals surface area (Å²) in [5.74, 6) is 0. The number of azo groups is 1. The maximum atomic E-state index is 10.6. The highest BCUT2D eigenvalue weighted by Gasteiger charge is 2.22. The van der Waals surface area contributed by atoms with E-state index in [-0.39, 0.29) is 17.1 Å². The molecular formula is C8H4N3O3-. The maximum absolute atomic E-state index is 10.6. The van der Waals surface area contributed by atoms with Crippen LogP contribution in [0.2, 0.25) is 0 Å². The van der Waals surface area contributed by atoms with Crippen molar-refractivity contribution < 1.29 is 10.0 Å². The highest BCUT2D eigenvalue weighted by Crippen LogP contribution is 2.40. The second kappa shape index (κ2) is 2.91. The molecule has 0 aliphatic carbocycles. The fraction of sp³-hybridized carbons (Fsp3) is 0. The smallest absolute Gasteiger partial charge is 0.297 e. The molecule has 0 spiro atoms. The highest BCUT2D eigenvalue weighted by molar-refractivity contribution is 5.81. The van der Waals surface area contributed by atoms with Gasteiger partial charge in [-0.05, 0) is 0 Å². The van der Waals surface area contributed by atoms with Gasteiger partial charge in [-0.25, -0.2) is 0 Å². The van der Waals surface area contributed by atoms with Crippen LogP contribution in [0, 0.1) is 10.1 Å². The summed E-state index contributed by atoms with van der Waals surface area (Å²) in [4.78, 5) is 10.0. The summed E-state index contributed by atoms with van der Waals surface area (Å²) >= 11 is 0. The normalized spacial score (nSPS) is 15.9. The molecule has 1 aromatic rings. The topological polar surface area (TPSA) is 90.9 Å². The second-order valence-electron chi connectivity index (χ2n) is 2.63. The Balaban J connectivity index is 2.67. The average Bonchev–Trinajstić information content (AvgIpc) is 2.59. The molecule has 0 bridgehead atoms. The van der Waals surface area contributed by atoms with Gasteiger partial charge in [0.15, 0.2) is 5.69 Å². The lowest BCUT2D eigenvalue weighted by Gasteiger charge is -1.99. The zero-order valence-corrected chi connectivity index (χ0v) is 6.88. The predicted octanol–water partition coefficient (Wildman–Crippen LogP) is 1.35. The number of nitro benzene ring substituents is 1. The lowest BCUT2D eigenvalue weighted by Crippen LogP contribution is -1.91. The number of rotatable bonds is 1. The number of nitro groups is 1. The Bertz CT molecular complexity index is 465. The van der Waals surface area contributed by atoms with Crippen molar-refractivity contribution in [2.45, 2.75) is 0 Å². The van der Waals surface area contributed by atoms with Crippen LogP contribution in [-0.4, -0.2) is 4.92 Å². The molecule has 0 unspecified atom stereocenters. The minimum Gasteiger partial charge on any atom is -0.876 e. The molecule has 0 radical (unpaired) electrons. The van der Waals surface area contributed by atoms with Gasteiger partial charge in [0.2, 0.25) is 0 Å². The lowest BCUT2D eigenvalue weighted by atomic mass is 10.1. The first-order chi connectivity index (χ1) is 6.74. The summed E-state index contributed by atoms with van der Waals surface area (Å²) < 4.78 is 0. The lowest BCUT2D eigenvalue weighted by molar-refractivity contribution is -0.384. The molecule has 0 fully saturated rings. The molecule has 1 heterocycles. The van der Waals surface area contributed by atoms with Crippen LogP contribution in [0.3, 0.4) is 0 Å². The first-order valence-corrected chi connectivity index (χ1v) is 3.75. The van der Waals surface area contributed by atoms with Crippen LogP contribution < -0.4 is 5.11 Å². The standard InChI is InChI=1S/C8H5N3O3/c12-4-6-5-2-1-3-7(11(13)14)8(5)10-9-6/h1-4,12H/p-1. The molecule has 0 saturated carbocycles. The van der Waals surface area contributed by atoms with Crippen molar-refractivity contribution in [2.24, 2.45) is 10.2 Å². The van der Waals surface area contributed by atoms with Crippen LogP contribution in [0.25, 0.3) is 5.70 Å². The summed E-state index contributed by atoms with van der Waals surface area (Å²) in [7, 11) is 0. The van der Waals surface area contributed by atoms with Crippen molar-refractivity contribution in [3.63, 3.8) is 0 Å². The largest absolute Gasteiger partial charge is 0.876 e. The zero-order valence-electron chi connectivity index (χ0n) is 6.88. The molecule has 2 rings (SSSR count). The second-order valence-corrected chi connectivity index (χ2v) is 2.63. The van der Waals surface area contributed by atoms with Crippen molar-refractivity contribution in [1.82, 2.24) is 0 Å². The van der Waals surface area contributed by atoms with Gasteiger partial charge in [0.05, 0.1) is 10.6 Å². The number of nitrogens with zero attached hydrogens (tertiary/aromatic N) is 3. The summed E-state index contributed by atoms with van der Waals surface area (Å²) in [6, 6.07) is 4.40. The van der Waals surface area contributed by atoms with Crippen molar-refractivity contribution in [2.75, 3.05) is 0 Å². The average molecular weight is 190 g/mol. The van der Waals surface area contributed by atoms with Gasteiger partial charge in [0.1, 0.15) is 0 Å². The monoisotopic (exact) mass is 190 g/mol. The fourth-order valence-corrected chi connectivity index (χ4v) is 1.24. The van der Waals surface area contributed by atoms with E-state index < -0.39 is 4.92 Å². The van der Waals surface area contributed by atoms with Crippen molar-refractivity contribution in [3.05, 3.63) is 40.1 Å². The van der Waals surface area contributed by atoms with E-state index in [4.69, 9.17) is 0 Å². The van der Waals surface area contributed by atoms with Crippen molar-refractivity contribution in [1.29, 1.82) is 0 Å². The molecule has 0 N–H and O–H groups in total. The minimum absolute atomic E-state index is 0.128. The molecule has 1 aromatic carbocycles. The van der Waals surface area contributed by atoms with Gasteiger partial charge < -0.3 is 5.11 Å². The van der Waals surface area contributed by atoms with Gasteiger partial charge in [-0.3, -0.25) is 10.1 Å². The maximum Gasteiger partial charge on any atom is 0.297 e. The van der Waals surface area contributed by atoms with E-state index >= 15 is 0 Å².